The topological polar surface area (TPSA) is 36.4 Å². The first-order valence-corrected chi connectivity index (χ1v) is 7.90. The van der Waals surface area contributed by atoms with E-state index in [9.17, 15) is 0 Å². The van der Waals surface area contributed by atoms with E-state index < -0.39 is 0 Å². The minimum atomic E-state index is 0. The fourth-order valence-corrected chi connectivity index (χ4v) is 2.52. The van der Waals surface area contributed by atoms with Crippen molar-refractivity contribution in [3.8, 4) is 0 Å². The molecule has 0 fully saturated rings. The monoisotopic (exact) mass is 415 g/mol. The highest BCUT2D eigenvalue weighted by atomic mass is 127. The number of rotatable bonds is 6. The van der Waals surface area contributed by atoms with E-state index in [2.05, 4.69) is 63.6 Å². The summed E-state index contributed by atoms with van der Waals surface area (Å²) in [6.45, 7) is 4.57. The molecule has 0 saturated carbocycles. The summed E-state index contributed by atoms with van der Waals surface area (Å²) in [6, 6.07) is 12.6. The van der Waals surface area contributed by atoms with Gasteiger partial charge in [-0.2, -0.15) is 11.3 Å². The molecule has 1 aromatic heterocycles. The lowest BCUT2D eigenvalue weighted by Crippen LogP contribution is -2.38. The lowest BCUT2D eigenvalue weighted by Gasteiger charge is -2.11. The maximum Gasteiger partial charge on any atom is 0.191 e. The van der Waals surface area contributed by atoms with Crippen LogP contribution < -0.4 is 10.6 Å². The quantitative estimate of drug-likeness (QED) is 0.429. The first-order valence-electron chi connectivity index (χ1n) is 6.95. The summed E-state index contributed by atoms with van der Waals surface area (Å²) in [7, 11) is 0. The Balaban J connectivity index is 0.00000220. The molecule has 1 aromatic carbocycles. The van der Waals surface area contributed by atoms with Crippen LogP contribution in [0.5, 0.6) is 0 Å². The third kappa shape index (κ3) is 6.95. The molecule has 0 saturated heterocycles. The van der Waals surface area contributed by atoms with Gasteiger partial charge < -0.3 is 10.6 Å². The highest BCUT2D eigenvalue weighted by Gasteiger charge is 1.98. The van der Waals surface area contributed by atoms with E-state index in [1.807, 2.05) is 6.07 Å². The smallest absolute Gasteiger partial charge is 0.191 e. The molecule has 0 aliphatic rings. The molecule has 0 spiro atoms. The molecule has 0 unspecified atom stereocenters. The predicted octanol–water partition coefficient (Wildman–Crippen LogP) is 3.66. The molecule has 0 aliphatic carbocycles. The van der Waals surface area contributed by atoms with Gasteiger partial charge in [0.2, 0.25) is 0 Å². The molecule has 2 aromatic rings. The molecule has 5 heteroatoms. The first-order chi connectivity index (χ1) is 9.88. The molecule has 21 heavy (non-hydrogen) atoms. The summed E-state index contributed by atoms with van der Waals surface area (Å²) in [5.74, 6) is 0.884. The normalized spacial score (nSPS) is 10.8. The number of nitrogens with zero attached hydrogens (tertiary/aromatic N) is 1. The summed E-state index contributed by atoms with van der Waals surface area (Å²) in [4.78, 5) is 4.59. The van der Waals surface area contributed by atoms with Crippen LogP contribution in [0.25, 0.3) is 0 Å². The number of thiophene rings is 1. The van der Waals surface area contributed by atoms with Gasteiger partial charge in [0.05, 0.1) is 6.54 Å². The van der Waals surface area contributed by atoms with E-state index in [0.717, 1.165) is 32.0 Å². The lowest BCUT2D eigenvalue weighted by atomic mass is 10.1. The number of hydrogen-bond acceptors (Lipinski definition) is 2. The predicted molar refractivity (Wildman–Crippen MR) is 103 cm³/mol. The third-order valence-electron chi connectivity index (χ3n) is 2.89. The van der Waals surface area contributed by atoms with E-state index in [-0.39, 0.29) is 24.0 Å². The van der Waals surface area contributed by atoms with Gasteiger partial charge in [-0.15, -0.1) is 24.0 Å². The third-order valence-corrected chi connectivity index (χ3v) is 3.63. The van der Waals surface area contributed by atoms with E-state index in [1.54, 1.807) is 11.3 Å². The largest absolute Gasteiger partial charge is 0.357 e. The van der Waals surface area contributed by atoms with E-state index in [4.69, 9.17) is 0 Å². The van der Waals surface area contributed by atoms with Crippen molar-refractivity contribution in [3.63, 3.8) is 0 Å². The molecule has 0 atom stereocenters. The van der Waals surface area contributed by atoms with Crippen molar-refractivity contribution in [2.45, 2.75) is 19.9 Å². The molecule has 0 radical (unpaired) electrons. The highest BCUT2D eigenvalue weighted by molar-refractivity contribution is 14.0. The molecule has 0 amide bonds. The maximum atomic E-state index is 4.59. The minimum Gasteiger partial charge on any atom is -0.357 e. The summed E-state index contributed by atoms with van der Waals surface area (Å²) < 4.78 is 0. The van der Waals surface area contributed by atoms with Crippen molar-refractivity contribution >= 4 is 41.3 Å². The second-order valence-electron chi connectivity index (χ2n) is 4.49. The van der Waals surface area contributed by atoms with Crippen LogP contribution in [0.2, 0.25) is 0 Å². The van der Waals surface area contributed by atoms with Crippen molar-refractivity contribution in [1.82, 2.24) is 10.6 Å². The molecule has 2 rings (SSSR count). The van der Waals surface area contributed by atoms with E-state index in [0.29, 0.717) is 0 Å². The Bertz CT molecular complexity index is 512. The van der Waals surface area contributed by atoms with E-state index in [1.165, 1.54) is 11.1 Å². The van der Waals surface area contributed by atoms with Crippen LogP contribution in [0, 0.1) is 0 Å². The molecule has 1 heterocycles. The zero-order valence-corrected chi connectivity index (χ0v) is 15.4. The zero-order valence-electron chi connectivity index (χ0n) is 12.2. The van der Waals surface area contributed by atoms with Gasteiger partial charge in [-0.05, 0) is 41.3 Å². The summed E-state index contributed by atoms with van der Waals surface area (Å²) in [6.07, 6.45) is 1.00. The number of benzene rings is 1. The van der Waals surface area contributed by atoms with Gasteiger partial charge in [0.15, 0.2) is 5.96 Å². The van der Waals surface area contributed by atoms with Crippen molar-refractivity contribution < 1.29 is 0 Å². The van der Waals surface area contributed by atoms with Crippen molar-refractivity contribution in [3.05, 3.63) is 58.3 Å². The van der Waals surface area contributed by atoms with Gasteiger partial charge in [-0.25, -0.2) is 4.99 Å². The average Bonchev–Trinajstić information content (AvgIpc) is 2.99. The average molecular weight is 415 g/mol. The van der Waals surface area contributed by atoms with Crippen LogP contribution in [-0.4, -0.2) is 19.0 Å². The SMILES string of the molecule is CCNC(=NCc1ccsc1)NCCc1ccccc1.I. The van der Waals surface area contributed by atoms with Gasteiger partial charge in [-0.3, -0.25) is 0 Å². The second kappa shape index (κ2) is 10.6. The number of guanidine groups is 1. The minimum absolute atomic E-state index is 0. The number of halogens is 1. The highest BCUT2D eigenvalue weighted by Crippen LogP contribution is 2.06. The van der Waals surface area contributed by atoms with Crippen molar-refractivity contribution in [2.75, 3.05) is 13.1 Å². The fraction of sp³-hybridized carbons (Fsp3) is 0.312. The Morgan fingerprint density at radius 3 is 2.57 bits per heavy atom. The number of aliphatic imine (C=N–C) groups is 1. The molecular weight excluding hydrogens is 393 g/mol. The van der Waals surface area contributed by atoms with Crippen LogP contribution in [0.3, 0.4) is 0 Å². The Labute approximate surface area is 147 Å². The van der Waals surface area contributed by atoms with Gasteiger partial charge in [0, 0.05) is 13.1 Å². The Hall–Kier alpha value is -1.08. The number of hydrogen-bond donors (Lipinski definition) is 2. The van der Waals surface area contributed by atoms with Gasteiger partial charge >= 0.3 is 0 Å². The zero-order chi connectivity index (χ0) is 14.0. The Kier molecular flexibility index (Phi) is 9.09. The van der Waals surface area contributed by atoms with Gasteiger partial charge in [-0.1, -0.05) is 30.3 Å². The van der Waals surface area contributed by atoms with Crippen LogP contribution in [0.4, 0.5) is 0 Å². The fourth-order valence-electron chi connectivity index (χ4n) is 1.86. The first kappa shape index (κ1) is 18.0. The van der Waals surface area contributed by atoms with Gasteiger partial charge in [0.25, 0.3) is 0 Å². The van der Waals surface area contributed by atoms with Gasteiger partial charge in [0.1, 0.15) is 0 Å². The number of nitrogens with one attached hydrogen (secondary N) is 2. The van der Waals surface area contributed by atoms with Crippen molar-refractivity contribution in [1.29, 1.82) is 0 Å². The molecular formula is C16H22IN3S. The van der Waals surface area contributed by atoms with Crippen LogP contribution in [0.1, 0.15) is 18.1 Å². The summed E-state index contributed by atoms with van der Waals surface area (Å²) in [5, 5.41) is 10.9. The Morgan fingerprint density at radius 2 is 1.90 bits per heavy atom. The second-order valence-corrected chi connectivity index (χ2v) is 5.27. The van der Waals surface area contributed by atoms with Crippen LogP contribution >= 0.6 is 35.3 Å². The van der Waals surface area contributed by atoms with Crippen molar-refractivity contribution in [2.24, 2.45) is 4.99 Å². The lowest BCUT2D eigenvalue weighted by molar-refractivity contribution is 0.800. The Morgan fingerprint density at radius 1 is 1.10 bits per heavy atom. The van der Waals surface area contributed by atoms with E-state index >= 15 is 0 Å². The molecule has 114 valence electrons. The molecule has 3 nitrogen and oxygen atoms in total. The molecule has 0 bridgehead atoms. The van der Waals surface area contributed by atoms with Crippen LogP contribution in [-0.2, 0) is 13.0 Å². The summed E-state index contributed by atoms with van der Waals surface area (Å²) >= 11 is 1.71. The summed E-state index contributed by atoms with van der Waals surface area (Å²) in [5.41, 5.74) is 2.60. The standard InChI is InChI=1S/C16H21N3S.HI/c1-2-17-16(19-12-15-9-11-20-13-15)18-10-8-14-6-4-3-5-7-14;/h3-7,9,11,13H,2,8,10,12H2,1H3,(H2,17,18,19);1H. The molecule has 2 N–H and O–H groups in total. The molecule has 0 aliphatic heterocycles. The van der Waals surface area contributed by atoms with Crippen LogP contribution in [0.15, 0.2) is 52.2 Å². The maximum absolute atomic E-state index is 4.59.